The Kier molecular flexibility index (Phi) is 8.96. The van der Waals surface area contributed by atoms with Crippen molar-refractivity contribution in [1.29, 1.82) is 0 Å². The number of benzene rings is 3. The first-order chi connectivity index (χ1) is 20.9. The number of sulfonamides is 1. The molecule has 2 aliphatic rings. The van der Waals surface area contributed by atoms with E-state index in [1.165, 1.54) is 21.9 Å². The number of piperazine rings is 1. The standard InChI is InChI=1S/C31H32ClFN4O6S/c1-20(2)34-19-28-36(44(42,43)25-10-6-9-24(33)16-25)18-27(35(31(40)41)17-22-7-4-3-5-8-22)30(39)37(28)26(29(34)38)15-21-11-13-23(32)14-12-21/h3-14,16,20,26-28H,15,17-19H2,1-2H3,(H,40,41). The van der Waals surface area contributed by atoms with Crippen LogP contribution >= 0.6 is 11.6 Å². The fourth-order valence-electron chi connectivity index (χ4n) is 5.78. The third-order valence-corrected chi connectivity index (χ3v) is 10.1. The molecular weight excluding hydrogens is 611 g/mol. The molecule has 3 aromatic rings. The Morgan fingerprint density at radius 1 is 0.977 bits per heavy atom. The van der Waals surface area contributed by atoms with Gasteiger partial charge in [0.15, 0.2) is 0 Å². The van der Waals surface area contributed by atoms with Crippen LogP contribution in [0.5, 0.6) is 0 Å². The van der Waals surface area contributed by atoms with E-state index < -0.39 is 58.5 Å². The number of carbonyl (C=O) groups is 3. The van der Waals surface area contributed by atoms with E-state index in [1.807, 2.05) is 0 Å². The molecule has 44 heavy (non-hydrogen) atoms. The van der Waals surface area contributed by atoms with Crippen molar-refractivity contribution in [2.75, 3.05) is 13.1 Å². The van der Waals surface area contributed by atoms with Crippen molar-refractivity contribution >= 4 is 39.5 Å². The Balaban J connectivity index is 1.65. The molecule has 232 valence electrons. The number of hydrogen-bond donors (Lipinski definition) is 1. The van der Waals surface area contributed by atoms with Crippen LogP contribution in [0.2, 0.25) is 5.02 Å². The first kappa shape index (κ1) is 31.4. The molecule has 13 heteroatoms. The highest BCUT2D eigenvalue weighted by Crippen LogP contribution is 2.34. The largest absolute Gasteiger partial charge is 0.465 e. The van der Waals surface area contributed by atoms with Crippen molar-refractivity contribution < 1.29 is 32.3 Å². The highest BCUT2D eigenvalue weighted by Gasteiger charge is 2.55. The fourth-order valence-corrected chi connectivity index (χ4v) is 7.52. The summed E-state index contributed by atoms with van der Waals surface area (Å²) < 4.78 is 43.7. The summed E-state index contributed by atoms with van der Waals surface area (Å²) >= 11 is 6.07. The van der Waals surface area contributed by atoms with Crippen LogP contribution in [0.4, 0.5) is 9.18 Å². The number of rotatable bonds is 8. The molecule has 10 nitrogen and oxygen atoms in total. The minimum Gasteiger partial charge on any atom is -0.465 e. The quantitative estimate of drug-likeness (QED) is 0.396. The lowest BCUT2D eigenvalue weighted by Crippen LogP contribution is -2.76. The van der Waals surface area contributed by atoms with Gasteiger partial charge in [0.2, 0.25) is 21.8 Å². The molecular formula is C31H32ClFN4O6S. The number of fused-ring (bicyclic) bond motifs is 1. The van der Waals surface area contributed by atoms with Crippen molar-refractivity contribution in [1.82, 2.24) is 19.0 Å². The lowest BCUT2D eigenvalue weighted by Gasteiger charge is -2.55. The monoisotopic (exact) mass is 642 g/mol. The zero-order valence-corrected chi connectivity index (χ0v) is 25.7. The Morgan fingerprint density at radius 2 is 1.66 bits per heavy atom. The van der Waals surface area contributed by atoms with Crippen molar-refractivity contribution in [2.24, 2.45) is 0 Å². The number of halogens is 2. The summed E-state index contributed by atoms with van der Waals surface area (Å²) in [5.74, 6) is -1.85. The lowest BCUT2D eigenvalue weighted by molar-refractivity contribution is -0.171. The summed E-state index contributed by atoms with van der Waals surface area (Å²) in [6.45, 7) is 2.71. The van der Waals surface area contributed by atoms with Crippen molar-refractivity contribution in [2.45, 2.75) is 56.0 Å². The molecule has 0 aliphatic carbocycles. The molecule has 0 spiro atoms. The predicted molar refractivity (Wildman–Crippen MR) is 161 cm³/mol. The topological polar surface area (TPSA) is 119 Å². The van der Waals surface area contributed by atoms with Crippen molar-refractivity contribution in [3.63, 3.8) is 0 Å². The van der Waals surface area contributed by atoms with Crippen LogP contribution in [0.1, 0.15) is 25.0 Å². The van der Waals surface area contributed by atoms with Gasteiger partial charge < -0.3 is 14.9 Å². The fraction of sp³-hybridized carbons (Fsp3) is 0.323. The molecule has 2 saturated heterocycles. The third-order valence-electron chi connectivity index (χ3n) is 8.00. The summed E-state index contributed by atoms with van der Waals surface area (Å²) in [5.41, 5.74) is 1.26. The van der Waals surface area contributed by atoms with Gasteiger partial charge in [-0.25, -0.2) is 17.6 Å². The van der Waals surface area contributed by atoms with Crippen molar-refractivity contribution in [3.05, 3.63) is 101 Å². The molecule has 2 fully saturated rings. The van der Waals surface area contributed by atoms with E-state index in [0.29, 0.717) is 16.1 Å². The zero-order valence-electron chi connectivity index (χ0n) is 24.1. The van der Waals surface area contributed by atoms with E-state index in [1.54, 1.807) is 68.4 Å². The maximum atomic E-state index is 14.4. The number of amides is 3. The van der Waals surface area contributed by atoms with E-state index >= 15 is 0 Å². The molecule has 2 heterocycles. The molecule has 1 N–H and O–H groups in total. The van der Waals surface area contributed by atoms with Crippen LogP contribution in [-0.4, -0.2) is 87.8 Å². The SMILES string of the molecule is CC(C)N1CC2N(C(=O)C(N(Cc3ccccc3)C(=O)O)CN2S(=O)(=O)c2cccc(F)c2)C(Cc2ccc(Cl)cc2)C1=O. The van der Waals surface area contributed by atoms with Crippen LogP contribution < -0.4 is 0 Å². The molecule has 3 amide bonds. The minimum atomic E-state index is -4.49. The Bertz CT molecular complexity index is 1660. The lowest BCUT2D eigenvalue weighted by atomic mass is 9.96. The van der Waals surface area contributed by atoms with Gasteiger partial charge in [-0.15, -0.1) is 0 Å². The average Bonchev–Trinajstić information content (AvgIpc) is 2.98. The van der Waals surface area contributed by atoms with Gasteiger partial charge in [0.25, 0.3) is 0 Å². The number of hydrogen-bond acceptors (Lipinski definition) is 5. The summed E-state index contributed by atoms with van der Waals surface area (Å²) in [4.78, 5) is 44.3. The predicted octanol–water partition coefficient (Wildman–Crippen LogP) is 4.05. The highest BCUT2D eigenvalue weighted by molar-refractivity contribution is 7.89. The van der Waals surface area contributed by atoms with E-state index in [4.69, 9.17) is 11.6 Å². The van der Waals surface area contributed by atoms with Crippen LogP contribution in [0.15, 0.2) is 83.8 Å². The second-order valence-corrected chi connectivity index (χ2v) is 13.4. The Morgan fingerprint density at radius 3 is 2.27 bits per heavy atom. The van der Waals surface area contributed by atoms with Crippen LogP contribution in [0.3, 0.4) is 0 Å². The van der Waals surface area contributed by atoms with Crippen LogP contribution in [0, 0.1) is 5.82 Å². The second kappa shape index (κ2) is 12.5. The van der Waals surface area contributed by atoms with E-state index in [9.17, 15) is 32.3 Å². The molecule has 3 atom stereocenters. The second-order valence-electron chi connectivity index (χ2n) is 11.1. The summed E-state index contributed by atoms with van der Waals surface area (Å²) in [7, 11) is -4.49. The average molecular weight is 643 g/mol. The summed E-state index contributed by atoms with van der Waals surface area (Å²) in [5, 5.41) is 10.8. The molecule has 0 bridgehead atoms. The Labute approximate surface area is 260 Å². The van der Waals surface area contributed by atoms with Gasteiger partial charge in [-0.05, 0) is 55.3 Å². The zero-order chi connectivity index (χ0) is 31.8. The van der Waals surface area contributed by atoms with E-state index in [2.05, 4.69) is 0 Å². The number of carboxylic acid groups (broad SMARTS) is 1. The van der Waals surface area contributed by atoms with Gasteiger partial charge in [0.05, 0.1) is 11.4 Å². The maximum absolute atomic E-state index is 14.4. The molecule has 3 aromatic carbocycles. The van der Waals surface area contributed by atoms with E-state index in [0.717, 1.165) is 21.3 Å². The molecule has 5 rings (SSSR count). The molecule has 2 aliphatic heterocycles. The smallest absolute Gasteiger partial charge is 0.408 e. The normalized spacial score (nSPS) is 21.0. The number of nitrogens with zero attached hydrogens (tertiary/aromatic N) is 4. The Hall–Kier alpha value is -4.00. The van der Waals surface area contributed by atoms with Gasteiger partial charge in [-0.3, -0.25) is 14.5 Å². The molecule has 0 aromatic heterocycles. The van der Waals surface area contributed by atoms with Crippen molar-refractivity contribution in [3.8, 4) is 0 Å². The van der Waals surface area contributed by atoms with Gasteiger partial charge in [-0.2, -0.15) is 4.31 Å². The molecule has 0 radical (unpaired) electrons. The van der Waals surface area contributed by atoms with Crippen LogP contribution in [0.25, 0.3) is 0 Å². The van der Waals surface area contributed by atoms with E-state index in [-0.39, 0.29) is 30.4 Å². The molecule has 0 saturated carbocycles. The third kappa shape index (κ3) is 6.15. The number of carbonyl (C=O) groups excluding carboxylic acids is 2. The maximum Gasteiger partial charge on any atom is 0.408 e. The minimum absolute atomic E-state index is 0.0355. The molecule has 3 unspecified atom stereocenters. The van der Waals surface area contributed by atoms with Crippen LogP contribution in [-0.2, 0) is 32.6 Å². The van der Waals surface area contributed by atoms with Gasteiger partial charge >= 0.3 is 6.09 Å². The first-order valence-electron chi connectivity index (χ1n) is 14.1. The highest BCUT2D eigenvalue weighted by atomic mass is 35.5. The van der Waals surface area contributed by atoms with Gasteiger partial charge in [0, 0.05) is 30.6 Å². The summed E-state index contributed by atoms with van der Waals surface area (Å²) in [6, 6.07) is 16.9. The summed E-state index contributed by atoms with van der Waals surface area (Å²) in [6.07, 6.45) is -2.57. The first-order valence-corrected chi connectivity index (χ1v) is 15.9. The van der Waals surface area contributed by atoms with Gasteiger partial charge in [-0.1, -0.05) is 60.1 Å². The van der Waals surface area contributed by atoms with Gasteiger partial charge in [0.1, 0.15) is 24.1 Å².